The van der Waals surface area contributed by atoms with Gasteiger partial charge in [0.15, 0.2) is 0 Å². The lowest BCUT2D eigenvalue weighted by atomic mass is 9.90. The number of fused-ring (bicyclic) bond motifs is 1. The molecular weight excluding hydrogens is 344 g/mol. The maximum atomic E-state index is 8.91. The van der Waals surface area contributed by atoms with Crippen LogP contribution in [0, 0.1) is 17.2 Å². The number of benzene rings is 2. The van der Waals surface area contributed by atoms with Gasteiger partial charge in [-0.3, -0.25) is 4.99 Å². The van der Waals surface area contributed by atoms with Crippen LogP contribution in [0.5, 0.6) is 5.75 Å². The summed E-state index contributed by atoms with van der Waals surface area (Å²) in [7, 11) is 0. The van der Waals surface area contributed by atoms with Crippen molar-refractivity contribution in [1.29, 1.82) is 5.26 Å². The Balaban J connectivity index is 1.43. The molecule has 2 aromatic rings. The highest BCUT2D eigenvalue weighted by Gasteiger charge is 2.16. The van der Waals surface area contributed by atoms with Crippen molar-refractivity contribution in [3.05, 3.63) is 70.8 Å². The Morgan fingerprint density at radius 1 is 1.04 bits per heavy atom. The van der Waals surface area contributed by atoms with Crippen molar-refractivity contribution in [2.75, 3.05) is 13.2 Å². The molecule has 1 aliphatic heterocycles. The van der Waals surface area contributed by atoms with Crippen molar-refractivity contribution < 1.29 is 4.74 Å². The zero-order valence-electron chi connectivity index (χ0n) is 16.2. The van der Waals surface area contributed by atoms with Gasteiger partial charge in [0.05, 0.1) is 24.0 Å². The van der Waals surface area contributed by atoms with Crippen LogP contribution in [0.2, 0.25) is 0 Å². The van der Waals surface area contributed by atoms with Crippen LogP contribution in [0.15, 0.2) is 53.5 Å². The molecule has 2 aliphatic rings. The maximum Gasteiger partial charge on any atom is 0.119 e. The molecule has 1 aliphatic carbocycles. The van der Waals surface area contributed by atoms with Crippen LogP contribution in [-0.2, 0) is 6.42 Å². The minimum atomic E-state index is 0.679. The topological polar surface area (TPSA) is 45.4 Å². The Hall–Kier alpha value is -2.86. The number of hydrogen-bond donors (Lipinski definition) is 0. The van der Waals surface area contributed by atoms with E-state index in [1.54, 1.807) is 0 Å². The zero-order chi connectivity index (χ0) is 19.2. The van der Waals surface area contributed by atoms with Crippen molar-refractivity contribution >= 4 is 11.8 Å². The minimum Gasteiger partial charge on any atom is -0.493 e. The van der Waals surface area contributed by atoms with E-state index < -0.39 is 0 Å². The van der Waals surface area contributed by atoms with Crippen LogP contribution < -0.4 is 4.74 Å². The molecule has 0 spiro atoms. The number of nitriles is 1. The van der Waals surface area contributed by atoms with E-state index in [4.69, 9.17) is 15.0 Å². The number of nitrogens with zero attached hydrogens (tertiary/aromatic N) is 2. The van der Waals surface area contributed by atoms with Gasteiger partial charge in [0.25, 0.3) is 0 Å². The second kappa shape index (κ2) is 8.89. The van der Waals surface area contributed by atoms with Gasteiger partial charge in [-0.25, -0.2) is 0 Å². The highest BCUT2D eigenvalue weighted by atomic mass is 16.5. The molecule has 1 saturated carbocycles. The molecule has 0 atom stereocenters. The predicted octanol–water partition coefficient (Wildman–Crippen LogP) is 5.58. The van der Waals surface area contributed by atoms with Crippen molar-refractivity contribution in [1.82, 2.24) is 0 Å². The Labute approximate surface area is 167 Å². The van der Waals surface area contributed by atoms with E-state index in [2.05, 4.69) is 36.4 Å². The Morgan fingerprint density at radius 2 is 1.86 bits per heavy atom. The molecule has 0 amide bonds. The lowest BCUT2D eigenvalue weighted by molar-refractivity contribution is 0.208. The number of ether oxygens (including phenoxy) is 1. The van der Waals surface area contributed by atoms with Crippen LogP contribution in [0.3, 0.4) is 0 Å². The van der Waals surface area contributed by atoms with Gasteiger partial charge < -0.3 is 4.74 Å². The SMILES string of the molecule is N#Cc1ccc(/C=C/C2=NCCc3cc(OCC4CCCCC4)ccc32)cc1. The average Bonchev–Trinajstić information content (AvgIpc) is 2.77. The first-order chi connectivity index (χ1) is 13.8. The first kappa shape index (κ1) is 18.5. The molecule has 142 valence electrons. The summed E-state index contributed by atoms with van der Waals surface area (Å²) in [5.41, 5.74) is 5.28. The van der Waals surface area contributed by atoms with Gasteiger partial charge in [0.1, 0.15) is 5.75 Å². The van der Waals surface area contributed by atoms with Crippen LogP contribution in [-0.4, -0.2) is 18.9 Å². The fraction of sp³-hybridized carbons (Fsp3) is 0.360. The Kier molecular flexibility index (Phi) is 5.87. The first-order valence-corrected chi connectivity index (χ1v) is 10.3. The van der Waals surface area contributed by atoms with Gasteiger partial charge in [-0.05, 0) is 72.7 Å². The van der Waals surface area contributed by atoms with Crippen LogP contribution in [0.1, 0.15) is 54.4 Å². The normalized spacial score (nSPS) is 17.0. The van der Waals surface area contributed by atoms with E-state index in [-0.39, 0.29) is 0 Å². The third kappa shape index (κ3) is 4.51. The van der Waals surface area contributed by atoms with E-state index in [0.29, 0.717) is 5.56 Å². The summed E-state index contributed by atoms with van der Waals surface area (Å²) in [5, 5.41) is 8.91. The monoisotopic (exact) mass is 370 g/mol. The minimum absolute atomic E-state index is 0.679. The van der Waals surface area contributed by atoms with E-state index >= 15 is 0 Å². The summed E-state index contributed by atoms with van der Waals surface area (Å²) < 4.78 is 6.11. The summed E-state index contributed by atoms with van der Waals surface area (Å²) in [4.78, 5) is 4.71. The average molecular weight is 370 g/mol. The van der Waals surface area contributed by atoms with Gasteiger partial charge in [0, 0.05) is 12.1 Å². The third-order valence-electron chi connectivity index (χ3n) is 5.70. The van der Waals surface area contributed by atoms with Crippen LogP contribution in [0.4, 0.5) is 0 Å². The molecule has 0 bridgehead atoms. The summed E-state index contributed by atoms with van der Waals surface area (Å²) in [6.45, 7) is 1.66. The number of allylic oxidation sites excluding steroid dienone is 1. The standard InChI is InChI=1S/C25H26N2O/c26-17-20-8-6-19(7-9-20)10-13-25-24-12-11-23(16-22(24)14-15-27-25)28-18-21-4-2-1-3-5-21/h6-13,16,21H,1-5,14-15,18H2/b13-10+. The van der Waals surface area contributed by atoms with E-state index in [1.165, 1.54) is 43.2 Å². The van der Waals surface area contributed by atoms with E-state index in [1.807, 2.05) is 24.3 Å². The highest BCUT2D eigenvalue weighted by molar-refractivity contribution is 6.12. The molecule has 2 aromatic carbocycles. The Bertz CT molecular complexity index is 913. The number of aliphatic imine (C=N–C) groups is 1. The second-order valence-electron chi connectivity index (χ2n) is 7.72. The molecule has 0 saturated heterocycles. The smallest absolute Gasteiger partial charge is 0.119 e. The van der Waals surface area contributed by atoms with Crippen molar-refractivity contribution in [3.8, 4) is 11.8 Å². The van der Waals surface area contributed by atoms with Gasteiger partial charge >= 0.3 is 0 Å². The molecule has 4 rings (SSSR count). The maximum absolute atomic E-state index is 8.91. The molecule has 3 nitrogen and oxygen atoms in total. The van der Waals surface area contributed by atoms with E-state index in [9.17, 15) is 0 Å². The Morgan fingerprint density at radius 3 is 2.64 bits per heavy atom. The fourth-order valence-electron chi connectivity index (χ4n) is 4.05. The fourth-order valence-corrected chi connectivity index (χ4v) is 4.05. The molecule has 0 N–H and O–H groups in total. The van der Waals surface area contributed by atoms with Crippen molar-refractivity contribution in [3.63, 3.8) is 0 Å². The first-order valence-electron chi connectivity index (χ1n) is 10.3. The van der Waals surface area contributed by atoms with Crippen LogP contribution >= 0.6 is 0 Å². The molecule has 0 unspecified atom stereocenters. The molecule has 28 heavy (non-hydrogen) atoms. The predicted molar refractivity (Wildman–Crippen MR) is 114 cm³/mol. The molecule has 0 aromatic heterocycles. The van der Waals surface area contributed by atoms with Gasteiger partial charge in [-0.1, -0.05) is 37.5 Å². The van der Waals surface area contributed by atoms with Gasteiger partial charge in [-0.2, -0.15) is 5.26 Å². The lowest BCUT2D eigenvalue weighted by Gasteiger charge is -2.22. The van der Waals surface area contributed by atoms with Crippen molar-refractivity contribution in [2.24, 2.45) is 10.9 Å². The van der Waals surface area contributed by atoms with Gasteiger partial charge in [0.2, 0.25) is 0 Å². The third-order valence-corrected chi connectivity index (χ3v) is 5.70. The van der Waals surface area contributed by atoms with Crippen molar-refractivity contribution in [2.45, 2.75) is 38.5 Å². The summed E-state index contributed by atoms with van der Waals surface area (Å²) >= 11 is 0. The molecule has 1 heterocycles. The number of hydrogen-bond acceptors (Lipinski definition) is 3. The largest absolute Gasteiger partial charge is 0.493 e. The summed E-state index contributed by atoms with van der Waals surface area (Å²) in [6, 6.07) is 16.2. The molecular formula is C25H26N2O. The summed E-state index contributed by atoms with van der Waals surface area (Å²) in [5.74, 6) is 1.71. The van der Waals surface area contributed by atoms with E-state index in [0.717, 1.165) is 42.5 Å². The second-order valence-corrected chi connectivity index (χ2v) is 7.72. The lowest BCUT2D eigenvalue weighted by Crippen LogP contribution is -2.16. The van der Waals surface area contributed by atoms with Gasteiger partial charge in [-0.15, -0.1) is 0 Å². The highest BCUT2D eigenvalue weighted by Crippen LogP contribution is 2.27. The van der Waals surface area contributed by atoms with Crippen LogP contribution in [0.25, 0.3) is 6.08 Å². The molecule has 1 fully saturated rings. The summed E-state index contributed by atoms with van der Waals surface area (Å²) in [6.07, 6.45) is 11.8. The molecule has 3 heteroatoms. The molecule has 0 radical (unpaired) electrons. The zero-order valence-corrected chi connectivity index (χ0v) is 16.2. The quantitative estimate of drug-likeness (QED) is 0.690. The number of rotatable bonds is 5.